The Labute approximate surface area is 766 Å². The van der Waals surface area contributed by atoms with Crippen molar-refractivity contribution in [3.8, 4) is 34.3 Å². The lowest BCUT2D eigenvalue weighted by atomic mass is 9.82. The van der Waals surface area contributed by atoms with Crippen LogP contribution in [0.15, 0.2) is 307 Å². The third kappa shape index (κ3) is 28.8. The lowest BCUT2D eigenvalue weighted by Crippen LogP contribution is -2.56. The minimum Gasteiger partial charge on any atom is -0.744 e. The van der Waals surface area contributed by atoms with Gasteiger partial charge in [-0.1, -0.05) is 204 Å². The number of aromatic nitrogens is 7. The maximum Gasteiger partial charge on any atom is 0.328 e. The first-order valence-corrected chi connectivity index (χ1v) is 43.8. The number of para-hydroxylation sites is 3. The number of nitroso groups, excluding NO2 is 1. The Bertz CT molecular complexity index is 6540. The molecule has 18 rings (SSSR count). The predicted octanol–water partition coefficient (Wildman–Crippen LogP) is 17.1. The number of benzene rings is 11. The van der Waals surface area contributed by atoms with Crippen molar-refractivity contribution in [1.29, 1.82) is 0 Å². The third-order valence-corrected chi connectivity index (χ3v) is 23.7. The highest BCUT2D eigenvalue weighted by Gasteiger charge is 2.40. The number of fused-ring (bicyclic) bond motifs is 6. The molecular formula is C94H103N14O19S4-. The van der Waals surface area contributed by atoms with E-state index in [1.807, 2.05) is 90.0 Å². The predicted molar refractivity (Wildman–Crippen MR) is 503 cm³/mol. The molecule has 131 heavy (non-hydrogen) atoms. The zero-order valence-corrected chi connectivity index (χ0v) is 75.2. The van der Waals surface area contributed by atoms with Gasteiger partial charge in [-0.3, -0.25) is 39.6 Å². The van der Waals surface area contributed by atoms with Crippen LogP contribution in [0.1, 0.15) is 124 Å². The number of anilines is 1. The molecule has 4 aromatic heterocycles. The Morgan fingerprint density at radius 2 is 1.02 bits per heavy atom. The van der Waals surface area contributed by atoms with Crippen molar-refractivity contribution >= 4 is 105 Å². The zero-order chi connectivity index (χ0) is 93.7. The number of nitrogens with zero attached hydrogens (tertiary/aromatic N) is 11. The van der Waals surface area contributed by atoms with Crippen LogP contribution in [0, 0.1) is 11.8 Å². The number of H-pyrrole nitrogens is 2. The van der Waals surface area contributed by atoms with Gasteiger partial charge in [-0.05, 0) is 227 Å². The monoisotopic (exact) mass is 1860 g/mol. The highest BCUT2D eigenvalue weighted by molar-refractivity contribution is 7.99. The summed E-state index contributed by atoms with van der Waals surface area (Å²) in [4.78, 5) is 71.8. The van der Waals surface area contributed by atoms with E-state index in [2.05, 4.69) is 139 Å². The van der Waals surface area contributed by atoms with Crippen LogP contribution in [-0.2, 0) is 47.6 Å². The summed E-state index contributed by atoms with van der Waals surface area (Å²) in [6, 6.07) is 80.2. The number of thiazole rings is 2. The molecule has 0 atom stereocenters. The second kappa shape index (κ2) is 49.0. The Kier molecular flexibility index (Phi) is 39.0. The number of aliphatic hydroxyl groups is 2. The molecule has 1 saturated heterocycles. The number of hydroxylamine groups is 5. The quantitative estimate of drug-likeness (QED) is 0.0159. The van der Waals surface area contributed by atoms with Gasteiger partial charge in [0.25, 0.3) is 17.4 Å². The minimum atomic E-state index is -4.50. The fraction of sp³-hybridized carbons (Fsp3) is 0.202. The van der Waals surface area contributed by atoms with Crippen LogP contribution in [-0.4, -0.2) is 138 Å². The smallest absolute Gasteiger partial charge is 0.328 e. The second-order valence-corrected chi connectivity index (χ2v) is 34.1. The highest BCUT2D eigenvalue weighted by atomic mass is 32.2. The zero-order valence-electron chi connectivity index (χ0n) is 72.0. The van der Waals surface area contributed by atoms with Crippen LogP contribution in [0.2, 0.25) is 0 Å². The molecule has 0 bridgehead atoms. The number of hydrogen-bond donors (Lipinski definition) is 13. The van der Waals surface area contributed by atoms with Gasteiger partial charge >= 0.3 is 5.69 Å². The first-order valence-electron chi connectivity index (χ1n) is 39.9. The van der Waals surface area contributed by atoms with Crippen molar-refractivity contribution in [2.75, 3.05) is 5.06 Å². The van der Waals surface area contributed by atoms with Crippen molar-refractivity contribution in [3.05, 3.63) is 341 Å². The van der Waals surface area contributed by atoms with Crippen LogP contribution < -0.4 is 32.1 Å². The number of carbonyl (C=O) groups excluding carboxylic acids is 3. The van der Waals surface area contributed by atoms with Crippen molar-refractivity contribution < 1.29 is 78.8 Å². The van der Waals surface area contributed by atoms with E-state index in [1.165, 1.54) is 80.5 Å². The first-order chi connectivity index (χ1) is 61.6. The molecule has 0 spiro atoms. The number of carbonyl (C=O) groups is 3. The van der Waals surface area contributed by atoms with Crippen molar-refractivity contribution in [2.45, 2.75) is 141 Å². The topological polar surface area (TPSA) is 516 Å². The standard InChI is InChI=1S/C19H20N4O3S3.C13H10S.C12H10O.C9H19NO.C8H5NO3.C8H9NO2.2C7H8O2.C6H5N3O.C4H3N3O4.CH4.H3N/c1-4-22-14-8-6-12(3)10-16(14)27-18(22)20-21-19-23(5-2)15-9-7-13(29(24,25)26)11-17(15)28-19;1-3-7-12-10(5-1)9-11-6-2-4-8-13(11)14-12;13-12-9-5-4-8-11(12)10-6-2-1-3-7-10;1-8(2)6-5-7-9(3,4)10(8)11;10-7-5-3-1-2-4-6(5)8(11)9(7)12;1-7(10)9(11)8-5-3-2-4-6-8;2*8-5-6-1-3-7(9)4-2-6;10-9-6-4-2-1-3-5(6)7-8-9;8-2-1(7-11)3(9)6-4(10)5-2;;/h6-11H,4-5H2,1-3H3,(H,24,25,26);1-8H,9H2;1-9,13H;11H,5-7H2,1-4H3;1-4,12H;2-6,11H,1H3;2*1-4,8-9H,5H2;1-4,10H;(H3,5,6,8,9,10);1H4;1H3/p-1/b20-18-,21-19+;;;;;;;;;;;. The number of aromatic amines is 2. The van der Waals surface area contributed by atoms with Gasteiger partial charge in [0.2, 0.25) is 27.1 Å². The number of nitrogens with one attached hydrogen (secondary N) is 2. The van der Waals surface area contributed by atoms with E-state index in [0.29, 0.717) is 43.6 Å². The van der Waals surface area contributed by atoms with Crippen molar-refractivity contribution in [1.82, 2.24) is 50.5 Å². The van der Waals surface area contributed by atoms with Crippen LogP contribution in [0.4, 0.5) is 11.4 Å². The molecule has 0 saturated carbocycles. The summed E-state index contributed by atoms with van der Waals surface area (Å²) < 4.78 is 39.9. The van der Waals surface area contributed by atoms with Gasteiger partial charge < -0.3 is 60.9 Å². The molecule has 37 heteroatoms. The lowest BCUT2D eigenvalue weighted by molar-refractivity contribution is -0.241. The number of phenolic OH excluding ortho intramolecular Hbond substituents is 3. The number of aromatic hydroxyl groups is 4. The Morgan fingerprint density at radius 1 is 0.565 bits per heavy atom. The van der Waals surface area contributed by atoms with Gasteiger partial charge in [0, 0.05) is 46.4 Å². The molecule has 3 aliphatic rings. The van der Waals surface area contributed by atoms with Gasteiger partial charge in [-0.2, -0.15) is 10.1 Å². The Morgan fingerprint density at radius 3 is 1.47 bits per heavy atom. The average molecular weight is 1860 g/mol. The number of imide groups is 1. The summed E-state index contributed by atoms with van der Waals surface area (Å²) >= 11 is 4.78. The maximum absolute atomic E-state index is 11.3. The molecule has 0 radical (unpaired) electrons. The Balaban J connectivity index is 0.000000204. The summed E-state index contributed by atoms with van der Waals surface area (Å²) in [5, 5.41) is 110. The number of rotatable bonds is 9. The van der Waals surface area contributed by atoms with E-state index in [9.17, 15) is 52.2 Å². The fourth-order valence-electron chi connectivity index (χ4n) is 12.9. The SMILES string of the molecule is C.CC(=O)N(O)c1ccccc1.CC1(C)CCCC(C)(C)N1O.CCn1/c(=N/N=c2/sc3cc(S(=O)(=O)[O-])ccc3n2CC)sc2cc(C)ccc21.N.O=C1c2ccccc2C(=O)N1O.O=Nc1c(O)[nH]c(=O)[nH]c1=O.OCc1ccc(O)cc1.OCc1ccc(O)cc1.Oc1ccccc1-c1ccccc1.On1nnc2ccccc21.c1ccc2c(c1)Cc1ccccc1S2. The number of piperidine rings is 1. The summed E-state index contributed by atoms with van der Waals surface area (Å²) in [6.45, 7) is 17.3. The minimum absolute atomic E-state index is 0. The Hall–Kier alpha value is -13.9. The first kappa shape index (κ1) is 104. The third-order valence-electron chi connectivity index (χ3n) is 19.5. The van der Waals surface area contributed by atoms with Gasteiger partial charge in [0.05, 0.1) is 55.4 Å². The van der Waals surface area contributed by atoms with Gasteiger partial charge in [-0.25, -0.2) is 13.2 Å². The largest absolute Gasteiger partial charge is 0.744 e. The summed E-state index contributed by atoms with van der Waals surface area (Å²) in [6.07, 6.45) is 4.48. The molecule has 1 fully saturated rings. The van der Waals surface area contributed by atoms with E-state index in [4.69, 9.17) is 41.2 Å². The molecule has 15 aromatic rings. The molecule has 33 nitrogen and oxygen atoms in total. The molecule has 7 heterocycles. The number of phenols is 3. The van der Waals surface area contributed by atoms with Gasteiger partial charge in [-0.15, -0.1) is 25.3 Å². The molecule has 0 aliphatic carbocycles. The van der Waals surface area contributed by atoms with E-state index in [-0.39, 0.29) is 70.5 Å². The van der Waals surface area contributed by atoms with Crippen LogP contribution in [0.25, 0.3) is 42.6 Å². The second-order valence-electron chi connectivity index (χ2n) is 29.6. The number of hydrogen-bond acceptors (Lipinski definition) is 29. The maximum atomic E-state index is 11.3. The van der Waals surface area contributed by atoms with Gasteiger partial charge in [0.15, 0.2) is 0 Å². The van der Waals surface area contributed by atoms with E-state index >= 15 is 0 Å². The van der Waals surface area contributed by atoms with Crippen LogP contribution in [0.3, 0.4) is 0 Å². The normalized spacial score (nSPS) is 13.0. The number of amides is 3. The molecule has 0 unspecified atom stereocenters. The summed E-state index contributed by atoms with van der Waals surface area (Å²) in [5.74, 6) is -1.75. The summed E-state index contributed by atoms with van der Waals surface area (Å²) in [7, 11) is -4.50. The van der Waals surface area contributed by atoms with E-state index in [0.717, 1.165) is 73.4 Å². The summed E-state index contributed by atoms with van der Waals surface area (Å²) in [5.41, 5.74) is 9.22. The molecule has 688 valence electrons. The highest BCUT2D eigenvalue weighted by Crippen LogP contribution is 2.40. The average Bonchev–Trinajstić information content (AvgIpc) is 1.73. The molecule has 3 amide bonds. The number of aliphatic hydroxyl groups excluding tert-OH is 2. The van der Waals surface area contributed by atoms with E-state index < -0.39 is 50.7 Å². The fourth-order valence-corrected chi connectivity index (χ4v) is 16.8. The molecular weight excluding hydrogens is 1760 g/mol. The van der Waals surface area contributed by atoms with Crippen LogP contribution in [0.5, 0.6) is 23.1 Å². The molecule has 15 N–H and O–H groups in total. The number of aryl methyl sites for hydroxylation is 3. The van der Waals surface area contributed by atoms with E-state index in [1.54, 1.807) is 130 Å². The molecule has 3 aliphatic heterocycles. The van der Waals surface area contributed by atoms with Crippen molar-refractivity contribution in [3.63, 3.8) is 0 Å². The molecule has 11 aromatic carbocycles. The van der Waals surface area contributed by atoms with Crippen LogP contribution >= 0.6 is 34.4 Å². The van der Waals surface area contributed by atoms with Gasteiger partial charge in [0.1, 0.15) is 38.4 Å². The van der Waals surface area contributed by atoms with Crippen molar-refractivity contribution in [2.24, 2.45) is 15.4 Å². The lowest BCUT2D eigenvalue weighted by Gasteiger charge is -2.48.